The van der Waals surface area contributed by atoms with E-state index < -0.39 is 206 Å². The van der Waals surface area contributed by atoms with Crippen LogP contribution in [0.15, 0.2) is 0 Å². The van der Waals surface area contributed by atoms with Crippen molar-refractivity contribution in [2.45, 2.75) is 137 Å². The van der Waals surface area contributed by atoms with Crippen LogP contribution in [-0.4, -0.2) is 259 Å². The highest BCUT2D eigenvalue weighted by molar-refractivity contribution is 7.83. The van der Waals surface area contributed by atoms with Crippen LogP contribution in [0.1, 0.15) is 13.8 Å². The van der Waals surface area contributed by atoms with Gasteiger partial charge in [-0.2, -0.15) is 46.8 Å². The lowest BCUT2D eigenvalue weighted by Gasteiger charge is -2.50. The minimum absolute atomic E-state index is 0.840. The predicted octanol–water partition coefficient (Wildman–Crippen LogP) is -10.6. The van der Waals surface area contributed by atoms with E-state index >= 15 is 0 Å². The molecule has 20 atom stereocenters. The Bertz CT molecular complexity index is 2470. The molecule has 4 fully saturated rings. The number of aliphatic carboxylic acids is 2. The lowest BCUT2D eigenvalue weighted by molar-refractivity contribution is -0.366. The predicted molar refractivity (Wildman–Crippen MR) is 215 cm³/mol. The fraction of sp³-hybridized carbons (Fsp3) is 0.857. The second-order valence-corrected chi connectivity index (χ2v) is 20.4. The Hall–Kier alpha value is -2.80. The minimum Gasteiger partial charge on any atom is -0.479 e. The molecule has 0 aromatic carbocycles. The number of amides is 1. The number of hydrogen-bond acceptors (Lipinski definition) is 31. The number of nitrogens with one attached hydrogen (secondary N) is 2. The van der Waals surface area contributed by atoms with Gasteiger partial charge in [-0.25, -0.2) is 26.3 Å². The smallest absolute Gasteiger partial charge is 0.397 e. The molecule has 45 heteroatoms. The second-order valence-electron chi connectivity index (χ2n) is 14.9. The standard InChI is InChI=1S/C26H42N2O37S5.C2H6N/c1-4(30)27-7-9(31)13(6(56-23(7)39)3-55-67(43,44)45)58-26-19(65-70(52,53)54)12(34)16(20(62-26)22(37)38)60-24-8(28-66(40,41)42)15(63-68(46,47)48)14(5(2-29)57-24)59-25-18(64-69(49,50)51)11(33)10(32)17(61-25)21(35)36;1-2-3/h5-20,23-26,28-29,31-34,39H,2-3H2,1H3,(H,27,30)(H,35,36)(H,37,38)(H,40,41,42)(H,43,44,45)(H,46,47,48)(H,49,50,51)(H,52,53,54);2H,3H2,1H3/t5-,6+,7-,8-,9-,10-,11-,12+,13-,14-,15-,16+,17-,18+,19-,20+,23-,24+,25+,26-;/m1./s1. The zero-order valence-electron chi connectivity index (χ0n) is 36.3. The number of carboxylic acids is 2. The van der Waals surface area contributed by atoms with Crippen LogP contribution in [0, 0.1) is 6.54 Å². The van der Waals surface area contributed by atoms with Crippen molar-refractivity contribution in [2.24, 2.45) is 5.73 Å². The zero-order valence-corrected chi connectivity index (χ0v) is 40.4. The molecule has 4 aliphatic rings. The maximum Gasteiger partial charge on any atom is 0.397 e. The molecule has 0 spiro atoms. The van der Waals surface area contributed by atoms with Gasteiger partial charge in [0.2, 0.25) is 5.91 Å². The van der Waals surface area contributed by atoms with Crippen LogP contribution < -0.4 is 15.8 Å². The molecule has 0 bridgehead atoms. The van der Waals surface area contributed by atoms with Gasteiger partial charge in [0.25, 0.3) is 0 Å². The van der Waals surface area contributed by atoms with Gasteiger partial charge in [-0.05, 0) is 6.92 Å². The molecule has 0 saturated carbocycles. The summed E-state index contributed by atoms with van der Waals surface area (Å²) < 4.78 is 222. The SMILES string of the molecule is CC(=O)N[C@@H]1[C@@H](O)[C@H](O[C@@H]2O[C@H](C(=O)O)[C@@H](O[C@@H]3O[C@H](CO)[C@@H](O[C@H]4O[C@@H](C(=O)O)[C@H](O)[C@@H](O)[C@@H]4OS(=O)(=O)O)[C@H](OS(=O)(=O)O)[C@H]3NS(=O)(=O)O)[C@H](O)[C@H]2OS(=O)(=O)O)[C@H](COS(=O)(=O)O)O[C@H]1O.C[CH]N. The fourth-order valence-electron chi connectivity index (χ4n) is 7.05. The van der Waals surface area contributed by atoms with E-state index in [0.717, 1.165) is 6.92 Å². The van der Waals surface area contributed by atoms with Crippen molar-refractivity contribution in [3.8, 4) is 0 Å². The Morgan fingerprint density at radius 1 is 0.562 bits per heavy atom. The molecule has 0 aromatic heterocycles. The van der Waals surface area contributed by atoms with E-state index in [9.17, 15) is 116 Å². The zero-order chi connectivity index (χ0) is 56.1. The average molecular weight is 1180 g/mol. The monoisotopic (exact) mass is 1180 g/mol. The number of aliphatic hydroxyl groups excluding tert-OH is 6. The van der Waals surface area contributed by atoms with Crippen LogP contribution >= 0.6 is 0 Å². The summed E-state index contributed by atoms with van der Waals surface area (Å²) in [6.45, 7) is 1.04. The summed E-state index contributed by atoms with van der Waals surface area (Å²) in [6, 6.07) is -4.96. The number of nitrogens with two attached hydrogens (primary N) is 1. The summed E-state index contributed by atoms with van der Waals surface area (Å²) in [6.07, 6.45) is -49.1. The van der Waals surface area contributed by atoms with Gasteiger partial charge in [-0.15, -0.1) is 0 Å². The molecule has 73 heavy (non-hydrogen) atoms. The minimum atomic E-state index is -6.09. The van der Waals surface area contributed by atoms with Gasteiger partial charge in [0, 0.05) is 13.5 Å². The lowest BCUT2D eigenvalue weighted by Crippen LogP contribution is -2.71. The highest BCUT2D eigenvalue weighted by Gasteiger charge is 2.60. The lowest BCUT2D eigenvalue weighted by atomic mass is 9.94. The number of ether oxygens (including phenoxy) is 7. The van der Waals surface area contributed by atoms with Crippen LogP contribution in [0.4, 0.5) is 0 Å². The van der Waals surface area contributed by atoms with E-state index in [1.807, 2.05) is 5.32 Å². The molecule has 4 saturated heterocycles. The fourth-order valence-corrected chi connectivity index (χ4v) is 9.43. The number of rotatable bonds is 21. The highest BCUT2D eigenvalue weighted by Crippen LogP contribution is 2.37. The van der Waals surface area contributed by atoms with Gasteiger partial charge in [0.05, 0.1) is 13.2 Å². The van der Waals surface area contributed by atoms with Crippen LogP contribution in [-0.2, 0) is 116 Å². The van der Waals surface area contributed by atoms with E-state index in [1.165, 1.54) is 11.3 Å². The Balaban J connectivity index is 0.00000457. The third-order valence-electron chi connectivity index (χ3n) is 9.68. The Labute approximate surface area is 410 Å². The number of carboxylic acid groups (broad SMARTS) is 2. The molecular formula is C28H48N3O37S5. The molecule has 4 aliphatic heterocycles. The van der Waals surface area contributed by atoms with Crippen molar-refractivity contribution in [2.75, 3.05) is 13.2 Å². The van der Waals surface area contributed by atoms with Crippen LogP contribution in [0.5, 0.6) is 0 Å². The molecule has 1 radical (unpaired) electrons. The van der Waals surface area contributed by atoms with Gasteiger partial charge in [-0.1, -0.05) is 0 Å². The van der Waals surface area contributed by atoms with E-state index in [2.05, 4.69) is 16.7 Å². The van der Waals surface area contributed by atoms with Gasteiger partial charge in [0.15, 0.2) is 49.6 Å². The van der Waals surface area contributed by atoms with Crippen LogP contribution in [0.25, 0.3) is 0 Å². The second kappa shape index (κ2) is 25.6. The van der Waals surface area contributed by atoms with Crippen molar-refractivity contribution in [3.05, 3.63) is 6.54 Å². The molecule has 1 amide bonds. The Morgan fingerprint density at radius 3 is 1.45 bits per heavy atom. The molecule has 0 aromatic rings. The summed E-state index contributed by atoms with van der Waals surface area (Å²) in [5.41, 5.74) is 4.72. The number of carbonyl (C=O) groups excluding carboxylic acids is 1. The van der Waals surface area contributed by atoms with E-state index in [-0.39, 0.29) is 0 Å². The van der Waals surface area contributed by atoms with Crippen molar-refractivity contribution in [1.29, 1.82) is 0 Å². The molecule has 4 rings (SSSR count). The number of carbonyl (C=O) groups is 3. The van der Waals surface area contributed by atoms with E-state index in [1.54, 1.807) is 6.92 Å². The summed E-state index contributed by atoms with van der Waals surface area (Å²) in [5, 5.41) is 86.0. The molecule has 4 heterocycles. The molecule has 40 nitrogen and oxygen atoms in total. The topological polar surface area (TPSA) is 637 Å². The third kappa shape index (κ3) is 18.7. The first-order valence-corrected chi connectivity index (χ1v) is 26.3. The Kier molecular flexibility index (Phi) is 22.6. The number of hydrogen-bond donors (Lipinski definition) is 16. The van der Waals surface area contributed by atoms with Gasteiger partial charge < -0.3 is 85.1 Å². The largest absolute Gasteiger partial charge is 0.479 e. The molecule has 427 valence electrons. The molecule has 0 unspecified atom stereocenters. The quantitative estimate of drug-likeness (QED) is 0.0475. The van der Waals surface area contributed by atoms with Crippen LogP contribution in [0.2, 0.25) is 0 Å². The van der Waals surface area contributed by atoms with Crippen molar-refractivity contribution in [1.82, 2.24) is 10.0 Å². The Morgan fingerprint density at radius 2 is 1.01 bits per heavy atom. The van der Waals surface area contributed by atoms with Gasteiger partial charge in [-0.3, -0.25) is 27.6 Å². The van der Waals surface area contributed by atoms with Gasteiger partial charge in [0.1, 0.15) is 73.1 Å². The first-order chi connectivity index (χ1) is 33.2. The highest BCUT2D eigenvalue weighted by atomic mass is 32.3. The average Bonchev–Trinajstić information content (AvgIpc) is 3.21. The van der Waals surface area contributed by atoms with Crippen LogP contribution in [0.3, 0.4) is 0 Å². The molecule has 0 aliphatic carbocycles. The summed E-state index contributed by atoms with van der Waals surface area (Å²) in [4.78, 5) is 36.4. The maximum absolute atomic E-state index is 12.7. The van der Waals surface area contributed by atoms with Gasteiger partial charge >= 0.3 is 63.8 Å². The first kappa shape index (κ1) is 64.5. The van der Waals surface area contributed by atoms with E-state index in [0.29, 0.717) is 0 Å². The third-order valence-corrected chi connectivity index (χ3v) is 12.1. The maximum atomic E-state index is 12.7. The normalized spacial score (nSPS) is 37.8. The summed E-state index contributed by atoms with van der Waals surface area (Å²) in [5.74, 6) is -5.49. The van der Waals surface area contributed by atoms with Crippen molar-refractivity contribution < 1.29 is 170 Å². The van der Waals surface area contributed by atoms with Crippen molar-refractivity contribution >= 4 is 69.7 Å². The summed E-state index contributed by atoms with van der Waals surface area (Å²) in [7, 11) is -29.1. The number of aliphatic hydroxyl groups is 6. The van der Waals surface area contributed by atoms with E-state index in [4.69, 9.17) is 43.4 Å². The first-order valence-electron chi connectivity index (χ1n) is 19.4. The molecular weight excluding hydrogens is 1130 g/mol. The van der Waals surface area contributed by atoms with Crippen molar-refractivity contribution in [3.63, 3.8) is 0 Å². The molecule has 17 N–H and O–H groups in total. The summed E-state index contributed by atoms with van der Waals surface area (Å²) >= 11 is 0.